The molecule has 0 spiro atoms. The molecular weight excluding hydrogens is 494 g/mol. The first-order valence-corrected chi connectivity index (χ1v) is 11.7. The Labute approximate surface area is 209 Å². The molecule has 4 heterocycles. The van der Waals surface area contributed by atoms with Gasteiger partial charge in [-0.1, -0.05) is 11.6 Å². The van der Waals surface area contributed by atoms with Crippen molar-refractivity contribution in [1.82, 2.24) is 29.5 Å². The monoisotopic (exact) mass is 514 g/mol. The predicted octanol–water partition coefficient (Wildman–Crippen LogP) is 4.56. The van der Waals surface area contributed by atoms with Crippen LogP contribution in [0.3, 0.4) is 0 Å². The number of aromatic nitrogens is 6. The van der Waals surface area contributed by atoms with Gasteiger partial charge in [0.05, 0.1) is 38.0 Å². The van der Waals surface area contributed by atoms with Gasteiger partial charge in [0.15, 0.2) is 5.65 Å². The highest BCUT2D eigenvalue weighted by Crippen LogP contribution is 2.56. The van der Waals surface area contributed by atoms with E-state index in [2.05, 4.69) is 25.0 Å². The quantitative estimate of drug-likeness (QED) is 0.338. The van der Waals surface area contributed by atoms with Crippen molar-refractivity contribution in [2.45, 2.75) is 30.6 Å². The summed E-state index contributed by atoms with van der Waals surface area (Å²) in [6, 6.07) is 3.90. The van der Waals surface area contributed by atoms with Crippen LogP contribution in [0.15, 0.2) is 36.9 Å². The van der Waals surface area contributed by atoms with E-state index >= 15 is 0 Å². The number of pyridine rings is 1. The number of imidazole rings is 1. The van der Waals surface area contributed by atoms with Crippen LogP contribution >= 0.6 is 11.6 Å². The molecule has 6 rings (SSSR count). The van der Waals surface area contributed by atoms with Gasteiger partial charge >= 0.3 is 6.01 Å². The first kappa shape index (κ1) is 22.8. The highest BCUT2D eigenvalue weighted by atomic mass is 35.5. The zero-order valence-electron chi connectivity index (χ0n) is 19.4. The number of halogens is 3. The molecule has 3 atom stereocenters. The summed E-state index contributed by atoms with van der Waals surface area (Å²) in [6.45, 7) is -0.0710. The molecule has 2 saturated carbocycles. The summed E-state index contributed by atoms with van der Waals surface area (Å²) in [6.07, 6.45) is 7.26. The van der Waals surface area contributed by atoms with Gasteiger partial charge in [0.25, 0.3) is 5.92 Å². The van der Waals surface area contributed by atoms with Crippen molar-refractivity contribution in [1.29, 1.82) is 0 Å². The highest BCUT2D eigenvalue weighted by Gasteiger charge is 2.57. The molecule has 4 aromatic rings. The summed E-state index contributed by atoms with van der Waals surface area (Å²) >= 11 is 6.22. The van der Waals surface area contributed by atoms with E-state index in [4.69, 9.17) is 25.8 Å². The van der Waals surface area contributed by atoms with Crippen LogP contribution in [0.4, 0.5) is 8.78 Å². The molecule has 9 nitrogen and oxygen atoms in total. The lowest BCUT2D eigenvalue weighted by Gasteiger charge is -2.11. The summed E-state index contributed by atoms with van der Waals surface area (Å²) < 4.78 is 44.4. The number of hydrogen-bond acceptors (Lipinski definition) is 8. The van der Waals surface area contributed by atoms with E-state index in [9.17, 15) is 8.78 Å². The van der Waals surface area contributed by atoms with Crippen molar-refractivity contribution in [3.8, 4) is 28.9 Å². The Bertz CT molecular complexity index is 1470. The van der Waals surface area contributed by atoms with Crippen LogP contribution in [0, 0.1) is 5.92 Å². The number of methoxy groups -OCH3 is 2. The van der Waals surface area contributed by atoms with Gasteiger partial charge in [-0.25, -0.2) is 23.3 Å². The minimum Gasteiger partial charge on any atom is -0.491 e. The second-order valence-corrected chi connectivity index (χ2v) is 9.33. The number of fused-ring (bicyclic) bond motifs is 1. The smallest absolute Gasteiger partial charge is 0.319 e. The average Bonchev–Trinajstić information content (AvgIpc) is 3.73. The Hall–Kier alpha value is -3.60. The topological polar surface area (TPSA) is 96.6 Å². The fraction of sp³-hybridized carbons (Fsp3) is 0.375. The minimum atomic E-state index is -2.64. The SMILES string of the molecule is COc1ncc(-c2cc(C3C[C@@H]3c3cc(OCC4CC4(F)F)c(Cl)cn3)c3nccn3n2)c(OC)n1. The fourth-order valence-corrected chi connectivity index (χ4v) is 4.54. The Morgan fingerprint density at radius 1 is 1.11 bits per heavy atom. The van der Waals surface area contributed by atoms with Crippen molar-refractivity contribution >= 4 is 17.2 Å². The van der Waals surface area contributed by atoms with Gasteiger partial charge in [0.2, 0.25) is 5.88 Å². The summed E-state index contributed by atoms with van der Waals surface area (Å²) in [5.74, 6) is -2.48. The molecular formula is C24H21ClF2N6O3. The lowest BCUT2D eigenvalue weighted by atomic mass is 10.1. The van der Waals surface area contributed by atoms with Crippen LogP contribution in [-0.2, 0) is 0 Å². The van der Waals surface area contributed by atoms with Crippen molar-refractivity contribution < 1.29 is 23.0 Å². The van der Waals surface area contributed by atoms with Gasteiger partial charge in [0, 0.05) is 54.4 Å². The van der Waals surface area contributed by atoms with E-state index in [-0.39, 0.29) is 30.9 Å². The molecule has 12 heteroatoms. The number of rotatable bonds is 8. The maximum atomic E-state index is 13.2. The maximum absolute atomic E-state index is 13.2. The third-order valence-electron chi connectivity index (χ3n) is 6.58. The van der Waals surface area contributed by atoms with Gasteiger partial charge in [-0.05, 0) is 18.4 Å². The van der Waals surface area contributed by atoms with Gasteiger partial charge in [-0.3, -0.25) is 4.98 Å². The highest BCUT2D eigenvalue weighted by molar-refractivity contribution is 6.31. The number of nitrogens with zero attached hydrogens (tertiary/aromatic N) is 6. The molecule has 0 N–H and O–H groups in total. The zero-order valence-corrected chi connectivity index (χ0v) is 20.1. The van der Waals surface area contributed by atoms with Crippen molar-refractivity contribution in [3.63, 3.8) is 0 Å². The van der Waals surface area contributed by atoms with E-state index in [0.29, 0.717) is 27.9 Å². The normalized spacial score (nSPS) is 21.9. The lowest BCUT2D eigenvalue weighted by molar-refractivity contribution is 0.0856. The average molecular weight is 515 g/mol. The molecule has 186 valence electrons. The molecule has 0 amide bonds. The molecule has 0 aliphatic heterocycles. The molecule has 0 radical (unpaired) electrons. The van der Waals surface area contributed by atoms with E-state index in [1.54, 1.807) is 29.2 Å². The van der Waals surface area contributed by atoms with Crippen LogP contribution < -0.4 is 14.2 Å². The largest absolute Gasteiger partial charge is 0.491 e. The van der Waals surface area contributed by atoms with Crippen LogP contribution in [0.1, 0.15) is 35.9 Å². The predicted molar refractivity (Wildman–Crippen MR) is 125 cm³/mol. The molecule has 0 saturated heterocycles. The van der Waals surface area contributed by atoms with Crippen molar-refractivity contribution in [3.05, 3.63) is 53.2 Å². The van der Waals surface area contributed by atoms with Gasteiger partial charge in [0.1, 0.15) is 10.8 Å². The van der Waals surface area contributed by atoms with Gasteiger partial charge in [-0.15, -0.1) is 0 Å². The minimum absolute atomic E-state index is 0.0710. The molecule has 36 heavy (non-hydrogen) atoms. The summed E-state index contributed by atoms with van der Waals surface area (Å²) in [4.78, 5) is 17.4. The van der Waals surface area contributed by atoms with Crippen molar-refractivity contribution in [2.75, 3.05) is 20.8 Å². The third kappa shape index (κ3) is 4.06. The Morgan fingerprint density at radius 2 is 1.94 bits per heavy atom. The van der Waals surface area contributed by atoms with E-state index in [0.717, 1.165) is 23.3 Å². The van der Waals surface area contributed by atoms with Gasteiger partial charge in [-0.2, -0.15) is 10.1 Å². The second-order valence-electron chi connectivity index (χ2n) is 8.92. The van der Waals surface area contributed by atoms with Crippen LogP contribution in [-0.4, -0.2) is 56.3 Å². The molecule has 2 aliphatic rings. The number of ether oxygens (including phenoxy) is 3. The first-order chi connectivity index (χ1) is 17.4. The summed E-state index contributed by atoms with van der Waals surface area (Å²) in [5, 5.41) is 4.96. The molecule has 2 fully saturated rings. The number of alkyl halides is 2. The maximum Gasteiger partial charge on any atom is 0.319 e. The van der Waals surface area contributed by atoms with Crippen LogP contribution in [0.25, 0.3) is 16.9 Å². The molecule has 4 aromatic heterocycles. The Morgan fingerprint density at radius 3 is 2.69 bits per heavy atom. The molecule has 0 bridgehead atoms. The second kappa shape index (κ2) is 8.51. The van der Waals surface area contributed by atoms with Crippen LogP contribution in [0.2, 0.25) is 5.02 Å². The standard InChI is InChI=1S/C24H21ClF2N6O3/c1-34-22-16(9-30-23(31-22)35-2)19-6-15(21-28-3-4-33(21)32-19)13-5-14(13)18-7-20(17(25)10-29-18)36-11-12-8-24(12,26)27/h3-4,6-7,9-10,12-14H,5,8,11H2,1-2H3/t12?,13?,14-/m0/s1. The first-order valence-electron chi connectivity index (χ1n) is 11.3. The molecule has 2 unspecified atom stereocenters. The van der Waals surface area contributed by atoms with Gasteiger partial charge < -0.3 is 14.2 Å². The lowest BCUT2D eigenvalue weighted by Crippen LogP contribution is -2.06. The Balaban J connectivity index is 1.30. The summed E-state index contributed by atoms with van der Waals surface area (Å²) in [7, 11) is 3.01. The zero-order chi connectivity index (χ0) is 25.0. The van der Waals surface area contributed by atoms with E-state index in [1.807, 2.05) is 6.07 Å². The van der Waals surface area contributed by atoms with E-state index < -0.39 is 11.8 Å². The molecule has 0 aromatic carbocycles. The molecule has 2 aliphatic carbocycles. The van der Waals surface area contributed by atoms with E-state index in [1.165, 1.54) is 20.4 Å². The fourth-order valence-electron chi connectivity index (χ4n) is 4.38. The summed E-state index contributed by atoms with van der Waals surface area (Å²) in [5.41, 5.74) is 3.75. The van der Waals surface area contributed by atoms with Crippen LogP contribution in [0.5, 0.6) is 17.6 Å². The van der Waals surface area contributed by atoms with Crippen molar-refractivity contribution in [2.24, 2.45) is 5.92 Å². The number of hydrogen-bond donors (Lipinski definition) is 0. The third-order valence-corrected chi connectivity index (χ3v) is 6.86. The Kier molecular flexibility index (Phi) is 5.40.